The van der Waals surface area contributed by atoms with Crippen molar-refractivity contribution in [3.63, 3.8) is 0 Å². The third-order valence-electron chi connectivity index (χ3n) is 7.36. The molecule has 10 heteroatoms. The SMILES string of the molecule is CCS(=O)(=O)c1ccc(N2CCC(F)(F)CC2)c(C(=O)N2Cc3cn(CC4CCC4)nc3C2)c1. The maximum Gasteiger partial charge on any atom is 0.256 e. The van der Waals surface area contributed by atoms with E-state index in [-0.39, 0.29) is 48.1 Å². The van der Waals surface area contributed by atoms with Crippen LogP contribution in [0.15, 0.2) is 29.3 Å². The van der Waals surface area contributed by atoms with Gasteiger partial charge in [0.2, 0.25) is 0 Å². The average molecular weight is 493 g/mol. The number of alkyl halides is 2. The van der Waals surface area contributed by atoms with E-state index in [2.05, 4.69) is 5.10 Å². The number of nitrogens with zero attached hydrogens (tertiary/aromatic N) is 4. The number of benzene rings is 1. The van der Waals surface area contributed by atoms with Gasteiger partial charge in [-0.1, -0.05) is 13.3 Å². The average Bonchev–Trinajstić information content (AvgIpc) is 3.34. The molecule has 1 saturated heterocycles. The molecule has 7 nitrogen and oxygen atoms in total. The van der Waals surface area contributed by atoms with Crippen LogP contribution in [-0.2, 0) is 29.5 Å². The maximum atomic E-state index is 13.7. The molecule has 0 bridgehead atoms. The van der Waals surface area contributed by atoms with E-state index < -0.39 is 15.8 Å². The molecule has 1 aromatic heterocycles. The Labute approximate surface area is 198 Å². The summed E-state index contributed by atoms with van der Waals surface area (Å²) < 4.78 is 54.5. The van der Waals surface area contributed by atoms with Crippen molar-refractivity contribution in [3.8, 4) is 0 Å². The van der Waals surface area contributed by atoms with Gasteiger partial charge in [0.05, 0.1) is 28.5 Å². The highest BCUT2D eigenvalue weighted by molar-refractivity contribution is 7.91. The first kappa shape index (κ1) is 23.3. The Bertz CT molecular complexity index is 1170. The van der Waals surface area contributed by atoms with Crippen LogP contribution in [0, 0.1) is 5.92 Å². The third-order valence-corrected chi connectivity index (χ3v) is 9.09. The topological polar surface area (TPSA) is 75.5 Å². The molecular formula is C24H30F2N4O3S. The first-order chi connectivity index (χ1) is 16.1. The van der Waals surface area contributed by atoms with E-state index in [1.807, 2.05) is 10.9 Å². The van der Waals surface area contributed by atoms with Gasteiger partial charge in [0.25, 0.3) is 11.8 Å². The van der Waals surface area contributed by atoms with Crippen molar-refractivity contribution in [2.75, 3.05) is 23.7 Å². The lowest BCUT2D eigenvalue weighted by Crippen LogP contribution is -2.40. The fraction of sp³-hybridized carbons (Fsp3) is 0.583. The molecule has 3 heterocycles. The Morgan fingerprint density at radius 1 is 1.18 bits per heavy atom. The van der Waals surface area contributed by atoms with Crippen molar-refractivity contribution in [1.29, 1.82) is 0 Å². The monoisotopic (exact) mass is 492 g/mol. The number of amides is 1. The predicted molar refractivity (Wildman–Crippen MR) is 124 cm³/mol. The minimum atomic E-state index is -3.53. The Morgan fingerprint density at radius 2 is 1.91 bits per heavy atom. The molecule has 5 rings (SSSR count). The molecular weight excluding hydrogens is 462 g/mol. The number of sulfone groups is 1. The summed E-state index contributed by atoms with van der Waals surface area (Å²) in [7, 11) is -3.53. The zero-order chi connectivity index (χ0) is 24.1. The molecule has 2 fully saturated rings. The lowest BCUT2D eigenvalue weighted by atomic mass is 9.85. The maximum absolute atomic E-state index is 13.7. The summed E-state index contributed by atoms with van der Waals surface area (Å²) >= 11 is 0. The largest absolute Gasteiger partial charge is 0.370 e. The molecule has 0 atom stereocenters. The molecule has 0 unspecified atom stereocenters. The van der Waals surface area contributed by atoms with Gasteiger partial charge < -0.3 is 9.80 Å². The van der Waals surface area contributed by atoms with Gasteiger partial charge in [-0.25, -0.2) is 17.2 Å². The number of fused-ring (bicyclic) bond motifs is 1. The summed E-state index contributed by atoms with van der Waals surface area (Å²) in [6, 6.07) is 4.48. The summed E-state index contributed by atoms with van der Waals surface area (Å²) in [5, 5.41) is 4.67. The normalized spacial score (nSPS) is 20.3. The van der Waals surface area contributed by atoms with Gasteiger partial charge in [0, 0.05) is 56.5 Å². The van der Waals surface area contributed by atoms with Crippen LogP contribution in [0.5, 0.6) is 0 Å². The van der Waals surface area contributed by atoms with Gasteiger partial charge in [-0.15, -0.1) is 0 Å². The lowest BCUT2D eigenvalue weighted by molar-refractivity contribution is -0.0220. The number of carbonyl (C=O) groups is 1. The minimum Gasteiger partial charge on any atom is -0.370 e. The van der Waals surface area contributed by atoms with Crippen molar-refractivity contribution in [2.45, 2.75) is 69.5 Å². The van der Waals surface area contributed by atoms with Crippen molar-refractivity contribution < 1.29 is 22.0 Å². The molecule has 1 saturated carbocycles. The highest BCUT2D eigenvalue weighted by atomic mass is 32.2. The van der Waals surface area contributed by atoms with Crippen LogP contribution in [0.2, 0.25) is 0 Å². The first-order valence-electron chi connectivity index (χ1n) is 12.0. The van der Waals surface area contributed by atoms with E-state index in [1.165, 1.54) is 31.4 Å². The Morgan fingerprint density at radius 3 is 2.53 bits per heavy atom. The number of halogens is 2. The summed E-state index contributed by atoms with van der Waals surface area (Å²) in [5.41, 5.74) is 2.62. The molecule has 2 aliphatic heterocycles. The van der Waals surface area contributed by atoms with Gasteiger partial charge in [0.15, 0.2) is 9.84 Å². The van der Waals surface area contributed by atoms with Gasteiger partial charge in [-0.2, -0.15) is 5.10 Å². The molecule has 2 aromatic rings. The Kier molecular flexibility index (Phi) is 5.90. The highest BCUT2D eigenvalue weighted by Gasteiger charge is 2.36. The number of anilines is 1. The van der Waals surface area contributed by atoms with Crippen LogP contribution < -0.4 is 4.90 Å². The number of hydrogen-bond donors (Lipinski definition) is 0. The molecule has 1 aliphatic carbocycles. The van der Waals surface area contributed by atoms with E-state index in [0.29, 0.717) is 24.7 Å². The van der Waals surface area contributed by atoms with Crippen molar-refractivity contribution in [2.24, 2.45) is 5.92 Å². The van der Waals surface area contributed by atoms with Gasteiger partial charge in [0.1, 0.15) is 0 Å². The zero-order valence-corrected chi connectivity index (χ0v) is 20.2. The Balaban J connectivity index is 1.40. The van der Waals surface area contributed by atoms with Crippen LogP contribution in [-0.4, -0.2) is 53.8 Å². The van der Waals surface area contributed by atoms with Crippen LogP contribution in [0.25, 0.3) is 0 Å². The fourth-order valence-corrected chi connectivity index (χ4v) is 5.86. The van der Waals surface area contributed by atoms with Crippen molar-refractivity contribution in [3.05, 3.63) is 41.2 Å². The van der Waals surface area contributed by atoms with Crippen LogP contribution in [0.4, 0.5) is 14.5 Å². The van der Waals surface area contributed by atoms with E-state index in [0.717, 1.165) is 17.8 Å². The number of aromatic nitrogens is 2. The lowest BCUT2D eigenvalue weighted by Gasteiger charge is -2.35. The number of carbonyl (C=O) groups excluding carboxylic acids is 1. The number of rotatable bonds is 6. The second-order valence-corrected chi connectivity index (χ2v) is 12.0. The van der Waals surface area contributed by atoms with E-state index in [4.69, 9.17) is 0 Å². The highest BCUT2D eigenvalue weighted by Crippen LogP contribution is 2.35. The third kappa shape index (κ3) is 4.44. The summed E-state index contributed by atoms with van der Waals surface area (Å²) in [4.78, 5) is 17.1. The second-order valence-electron chi connectivity index (χ2n) is 9.71. The number of hydrogen-bond acceptors (Lipinski definition) is 5. The molecule has 1 aromatic carbocycles. The summed E-state index contributed by atoms with van der Waals surface area (Å²) in [6.45, 7) is 3.44. The summed E-state index contributed by atoms with van der Waals surface area (Å²) in [6.07, 6.45) is 5.17. The van der Waals surface area contributed by atoms with Crippen LogP contribution >= 0.6 is 0 Å². The Hall–Kier alpha value is -2.49. The van der Waals surface area contributed by atoms with Crippen molar-refractivity contribution >= 4 is 21.4 Å². The smallest absolute Gasteiger partial charge is 0.256 e. The van der Waals surface area contributed by atoms with E-state index >= 15 is 0 Å². The first-order valence-corrected chi connectivity index (χ1v) is 13.6. The number of piperidine rings is 1. The minimum absolute atomic E-state index is 0.0760. The van der Waals surface area contributed by atoms with Crippen LogP contribution in [0.1, 0.15) is 60.6 Å². The fourth-order valence-electron chi connectivity index (χ4n) is 4.95. The molecule has 3 aliphatic rings. The summed E-state index contributed by atoms with van der Waals surface area (Å²) in [5.74, 6) is -2.42. The second kappa shape index (κ2) is 8.62. The molecule has 0 spiro atoms. The molecule has 0 radical (unpaired) electrons. The van der Waals surface area contributed by atoms with E-state index in [9.17, 15) is 22.0 Å². The predicted octanol–water partition coefficient (Wildman–Crippen LogP) is 3.87. The van der Waals surface area contributed by atoms with Crippen LogP contribution in [0.3, 0.4) is 0 Å². The molecule has 184 valence electrons. The van der Waals surface area contributed by atoms with Crippen molar-refractivity contribution in [1.82, 2.24) is 14.7 Å². The standard InChI is InChI=1S/C24H30F2N4O3S/c1-2-34(32,33)19-6-7-22(28-10-8-24(25,26)9-11-28)20(12-19)23(31)29-14-18-15-30(27-21(18)16-29)13-17-4-3-5-17/h6-7,12,15,17H,2-5,8-11,13-14,16H2,1H3. The van der Waals surface area contributed by atoms with Gasteiger partial charge in [-0.3, -0.25) is 9.48 Å². The zero-order valence-electron chi connectivity index (χ0n) is 19.3. The van der Waals surface area contributed by atoms with E-state index in [1.54, 1.807) is 22.8 Å². The van der Waals surface area contributed by atoms with Gasteiger partial charge in [-0.05, 0) is 37.0 Å². The molecule has 1 amide bonds. The van der Waals surface area contributed by atoms with Gasteiger partial charge >= 0.3 is 0 Å². The molecule has 34 heavy (non-hydrogen) atoms. The molecule has 0 N–H and O–H groups in total. The quantitative estimate of drug-likeness (QED) is 0.612.